The summed E-state index contributed by atoms with van der Waals surface area (Å²) in [5.74, 6) is -0.829. The predicted molar refractivity (Wildman–Crippen MR) is 153 cm³/mol. The molecule has 2 aliphatic rings. The number of H-pyrrole nitrogens is 1. The molecule has 8 nitrogen and oxygen atoms in total. The van der Waals surface area contributed by atoms with Gasteiger partial charge in [-0.05, 0) is 72.4 Å². The van der Waals surface area contributed by atoms with E-state index in [0.717, 1.165) is 17.3 Å². The van der Waals surface area contributed by atoms with E-state index in [1.807, 2.05) is 25.1 Å². The van der Waals surface area contributed by atoms with Crippen LogP contribution in [0, 0.1) is 12.7 Å². The Labute approximate surface area is 230 Å². The molecule has 4 N–H and O–H groups in total. The van der Waals surface area contributed by atoms with Gasteiger partial charge in [0.05, 0.1) is 5.39 Å². The third-order valence-corrected chi connectivity index (χ3v) is 7.52. The van der Waals surface area contributed by atoms with Crippen molar-refractivity contribution in [3.63, 3.8) is 0 Å². The summed E-state index contributed by atoms with van der Waals surface area (Å²) in [4.78, 5) is 42.8. The molecule has 0 saturated heterocycles. The summed E-state index contributed by atoms with van der Waals surface area (Å²) >= 11 is 0. The second-order valence-corrected chi connectivity index (χ2v) is 10.4. The SMILES string of the molecule is Cc1cc2ccc1[C@@H](C)CCC(=O)Nc1ccc(O)c(c1)CN(C)C(=O)[C@@H]2Nc1ccc2c(F)c[nH]c(=O)c2c1. The highest BCUT2D eigenvalue weighted by Crippen LogP contribution is 2.31. The normalized spacial score (nSPS) is 18.1. The third-order valence-electron chi connectivity index (χ3n) is 7.52. The Morgan fingerprint density at radius 3 is 2.60 bits per heavy atom. The Morgan fingerprint density at radius 1 is 1.02 bits per heavy atom. The molecular formula is C31H31FN4O4. The van der Waals surface area contributed by atoms with Gasteiger partial charge < -0.3 is 25.6 Å². The van der Waals surface area contributed by atoms with E-state index in [0.29, 0.717) is 35.3 Å². The van der Waals surface area contributed by atoms with Crippen molar-refractivity contribution in [3.05, 3.63) is 99.2 Å². The lowest BCUT2D eigenvalue weighted by Crippen LogP contribution is -2.35. The van der Waals surface area contributed by atoms with Crippen molar-refractivity contribution in [3.8, 4) is 5.75 Å². The Bertz CT molecular complexity index is 1680. The van der Waals surface area contributed by atoms with Crippen LogP contribution in [0.15, 0.2) is 65.6 Å². The van der Waals surface area contributed by atoms with E-state index in [1.165, 1.54) is 23.1 Å². The Hall–Kier alpha value is -4.66. The lowest BCUT2D eigenvalue weighted by molar-refractivity contribution is -0.131. The summed E-state index contributed by atoms with van der Waals surface area (Å²) in [5, 5.41) is 17.0. The number of pyridine rings is 1. The van der Waals surface area contributed by atoms with Gasteiger partial charge in [0.15, 0.2) is 0 Å². The fourth-order valence-corrected chi connectivity index (χ4v) is 5.27. The maximum absolute atomic E-state index is 14.3. The number of fused-ring (bicyclic) bond motifs is 10. The number of hydrogen-bond donors (Lipinski definition) is 4. The average Bonchev–Trinajstić information content (AvgIpc) is 2.93. The van der Waals surface area contributed by atoms with Gasteiger partial charge in [-0.25, -0.2) is 4.39 Å². The number of phenolic OH excluding ortho intramolecular Hbond substituents is 1. The smallest absolute Gasteiger partial charge is 0.256 e. The van der Waals surface area contributed by atoms with Crippen LogP contribution in [0.3, 0.4) is 0 Å². The van der Waals surface area contributed by atoms with Crippen LogP contribution >= 0.6 is 0 Å². The molecule has 2 aliphatic heterocycles. The number of hydrogen-bond acceptors (Lipinski definition) is 5. The first-order chi connectivity index (χ1) is 19.1. The van der Waals surface area contributed by atoms with Crippen molar-refractivity contribution in [2.45, 2.75) is 45.2 Å². The van der Waals surface area contributed by atoms with Gasteiger partial charge in [0.1, 0.15) is 17.6 Å². The van der Waals surface area contributed by atoms with Crippen LogP contribution in [-0.4, -0.2) is 33.9 Å². The van der Waals surface area contributed by atoms with Crippen molar-refractivity contribution >= 4 is 34.0 Å². The van der Waals surface area contributed by atoms with Crippen molar-refractivity contribution in [2.75, 3.05) is 17.7 Å². The monoisotopic (exact) mass is 542 g/mol. The summed E-state index contributed by atoms with van der Waals surface area (Å²) in [6, 6.07) is 14.5. The molecule has 2 atom stereocenters. The van der Waals surface area contributed by atoms with Crippen LogP contribution in [0.25, 0.3) is 10.8 Å². The fraction of sp³-hybridized carbons (Fsp3) is 0.258. The van der Waals surface area contributed by atoms with E-state index in [2.05, 4.69) is 22.5 Å². The van der Waals surface area contributed by atoms with Gasteiger partial charge in [0, 0.05) is 48.5 Å². The number of phenols is 1. The van der Waals surface area contributed by atoms with Crippen LogP contribution in [0.5, 0.6) is 5.75 Å². The van der Waals surface area contributed by atoms with Crippen molar-refractivity contribution < 1.29 is 19.1 Å². The van der Waals surface area contributed by atoms with Crippen molar-refractivity contribution in [2.24, 2.45) is 0 Å². The van der Waals surface area contributed by atoms with Gasteiger partial charge >= 0.3 is 0 Å². The van der Waals surface area contributed by atoms with E-state index in [1.54, 1.807) is 25.2 Å². The number of carbonyl (C=O) groups is 2. The molecule has 6 rings (SSSR count). The summed E-state index contributed by atoms with van der Waals surface area (Å²) in [7, 11) is 1.63. The topological polar surface area (TPSA) is 115 Å². The van der Waals surface area contributed by atoms with Crippen LogP contribution in [0.2, 0.25) is 0 Å². The highest BCUT2D eigenvalue weighted by Gasteiger charge is 2.26. The summed E-state index contributed by atoms with van der Waals surface area (Å²) in [6.07, 6.45) is 2.00. The molecule has 0 fully saturated rings. The predicted octanol–water partition coefficient (Wildman–Crippen LogP) is 5.33. The Kier molecular flexibility index (Phi) is 7.30. The second kappa shape index (κ2) is 10.8. The minimum Gasteiger partial charge on any atom is -0.508 e. The Balaban J connectivity index is 1.58. The number of anilines is 2. The van der Waals surface area contributed by atoms with E-state index >= 15 is 0 Å². The van der Waals surface area contributed by atoms with E-state index in [9.17, 15) is 23.9 Å². The maximum atomic E-state index is 14.3. The molecule has 1 aromatic heterocycles. The maximum Gasteiger partial charge on any atom is 0.256 e. The zero-order valence-corrected chi connectivity index (χ0v) is 22.5. The standard InChI is InChI=1S/C31H31FN4O4/c1-17-4-11-28(38)34-21-7-10-27(37)20(13-21)16-36(3)31(40)29(19-5-8-23(17)18(2)12-19)35-22-6-9-24-25(14-22)30(39)33-15-26(24)32/h5-10,12-15,17,29,35,37H,4,11,16H2,1-3H3,(H,33,39)(H,34,38)/t17-,29+/m0/s1. The molecule has 0 spiro atoms. The zero-order valence-electron chi connectivity index (χ0n) is 22.5. The number of benzene rings is 3. The number of aromatic nitrogens is 1. The minimum absolute atomic E-state index is 0.00729. The highest BCUT2D eigenvalue weighted by atomic mass is 19.1. The number of rotatable bonds is 2. The molecule has 9 heteroatoms. The minimum atomic E-state index is -0.837. The molecular weight excluding hydrogens is 511 g/mol. The van der Waals surface area contributed by atoms with Crippen LogP contribution in [0.1, 0.15) is 54.0 Å². The van der Waals surface area contributed by atoms with Gasteiger partial charge in [-0.3, -0.25) is 14.4 Å². The number of halogens is 1. The number of nitrogens with zero attached hydrogens (tertiary/aromatic N) is 1. The number of likely N-dealkylation sites (N-methyl/N-ethyl adjacent to an activating group) is 1. The lowest BCUT2D eigenvalue weighted by Gasteiger charge is -2.27. The molecule has 40 heavy (non-hydrogen) atoms. The van der Waals surface area contributed by atoms with Crippen LogP contribution in [0.4, 0.5) is 15.8 Å². The van der Waals surface area contributed by atoms with Gasteiger partial charge in [-0.2, -0.15) is 0 Å². The van der Waals surface area contributed by atoms with Gasteiger partial charge in [-0.1, -0.05) is 25.1 Å². The lowest BCUT2D eigenvalue weighted by atomic mass is 9.89. The molecule has 2 amide bonds. The van der Waals surface area contributed by atoms with Crippen LogP contribution < -0.4 is 16.2 Å². The number of aromatic hydroxyl groups is 1. The van der Waals surface area contributed by atoms with E-state index in [-0.39, 0.29) is 40.8 Å². The molecule has 4 aromatic rings. The van der Waals surface area contributed by atoms with Crippen molar-refractivity contribution in [1.29, 1.82) is 0 Å². The summed E-state index contributed by atoms with van der Waals surface area (Å²) < 4.78 is 14.3. The highest BCUT2D eigenvalue weighted by molar-refractivity contribution is 5.91. The fourth-order valence-electron chi connectivity index (χ4n) is 5.27. The van der Waals surface area contributed by atoms with Gasteiger partial charge in [-0.15, -0.1) is 0 Å². The largest absolute Gasteiger partial charge is 0.508 e. The number of amides is 2. The van der Waals surface area contributed by atoms with E-state index < -0.39 is 17.4 Å². The molecule has 3 aromatic carbocycles. The quantitative estimate of drug-likeness (QED) is 0.256. The number of aryl methyl sites for hydroxylation is 1. The Morgan fingerprint density at radius 2 is 1.82 bits per heavy atom. The van der Waals surface area contributed by atoms with Gasteiger partial charge in [0.25, 0.3) is 5.56 Å². The third kappa shape index (κ3) is 5.40. The molecule has 0 aliphatic carbocycles. The molecule has 4 bridgehead atoms. The zero-order chi connectivity index (χ0) is 28.6. The molecule has 206 valence electrons. The number of aromatic amines is 1. The van der Waals surface area contributed by atoms with Crippen LogP contribution in [-0.2, 0) is 16.1 Å². The van der Waals surface area contributed by atoms with E-state index in [4.69, 9.17) is 0 Å². The summed E-state index contributed by atoms with van der Waals surface area (Å²) in [5.41, 5.74) is 3.85. The number of carbonyl (C=O) groups excluding carboxylic acids is 2. The van der Waals surface area contributed by atoms with Gasteiger partial charge in [0.2, 0.25) is 11.8 Å². The molecule has 3 heterocycles. The first-order valence-electron chi connectivity index (χ1n) is 13.2. The summed E-state index contributed by atoms with van der Waals surface area (Å²) in [6.45, 7) is 4.13. The molecule has 0 saturated carbocycles. The average molecular weight is 543 g/mol. The molecule has 0 unspecified atom stereocenters. The number of nitrogens with one attached hydrogen (secondary N) is 3. The molecule has 0 radical (unpaired) electrons. The first-order valence-corrected chi connectivity index (χ1v) is 13.2. The second-order valence-electron chi connectivity index (χ2n) is 10.4. The first kappa shape index (κ1) is 26.9. The van der Waals surface area contributed by atoms with Crippen molar-refractivity contribution in [1.82, 2.24) is 9.88 Å².